The summed E-state index contributed by atoms with van der Waals surface area (Å²) >= 11 is 0. The van der Waals surface area contributed by atoms with E-state index >= 15 is 0 Å². The lowest BCUT2D eigenvalue weighted by Gasteiger charge is -2.39. The van der Waals surface area contributed by atoms with Crippen molar-refractivity contribution in [3.05, 3.63) is 0 Å². The van der Waals surface area contributed by atoms with Gasteiger partial charge in [0.05, 0.1) is 0 Å². The zero-order valence-corrected chi connectivity index (χ0v) is 10.4. The molecule has 2 aliphatic carbocycles. The minimum atomic E-state index is 0.458. The zero-order valence-electron chi connectivity index (χ0n) is 10.4. The van der Waals surface area contributed by atoms with Crippen LogP contribution in [-0.2, 0) is 0 Å². The summed E-state index contributed by atoms with van der Waals surface area (Å²) in [6, 6.07) is 2.08. The predicted octanol–water partition coefficient (Wildman–Crippen LogP) is 2.52. The first-order valence-corrected chi connectivity index (χ1v) is 7.36. The molecule has 2 heteroatoms. The van der Waals surface area contributed by atoms with Gasteiger partial charge in [0, 0.05) is 24.7 Å². The summed E-state index contributed by atoms with van der Waals surface area (Å²) in [5.41, 5.74) is 6.42. The molecular formula is C14H26N2. The molecule has 92 valence electrons. The topological polar surface area (TPSA) is 29.3 Å². The molecule has 0 radical (unpaired) electrons. The van der Waals surface area contributed by atoms with Crippen molar-refractivity contribution in [3.8, 4) is 0 Å². The number of nitrogens with two attached hydrogens (primary N) is 1. The van der Waals surface area contributed by atoms with Crippen LogP contribution < -0.4 is 5.73 Å². The average Bonchev–Trinajstić information content (AvgIpc) is 2.85. The molecule has 2 saturated carbocycles. The molecule has 0 aromatic carbocycles. The number of nitrogens with zero attached hydrogens (tertiary/aromatic N) is 1. The molecule has 3 aliphatic rings. The molecule has 2 bridgehead atoms. The van der Waals surface area contributed by atoms with Gasteiger partial charge in [0.2, 0.25) is 0 Å². The van der Waals surface area contributed by atoms with E-state index in [1.807, 2.05) is 0 Å². The van der Waals surface area contributed by atoms with Crippen LogP contribution >= 0.6 is 0 Å². The molecule has 1 heterocycles. The van der Waals surface area contributed by atoms with Crippen LogP contribution in [-0.4, -0.2) is 29.6 Å². The fourth-order valence-electron chi connectivity index (χ4n) is 4.27. The fourth-order valence-corrected chi connectivity index (χ4v) is 4.27. The van der Waals surface area contributed by atoms with Crippen molar-refractivity contribution in [2.24, 2.45) is 11.7 Å². The third-order valence-corrected chi connectivity index (χ3v) is 5.16. The summed E-state index contributed by atoms with van der Waals surface area (Å²) in [5, 5.41) is 0. The Morgan fingerprint density at radius 1 is 0.875 bits per heavy atom. The Labute approximate surface area is 99.6 Å². The highest BCUT2D eigenvalue weighted by molar-refractivity contribution is 4.97. The standard InChI is InChI=1S/C14H26N2/c15-13-5-3-1-2-4-6-14(13)16-10-11-7-8-12(16)9-11/h11-14H,1-10,15H2. The maximum Gasteiger partial charge on any atom is 0.0250 e. The lowest BCUT2D eigenvalue weighted by Crippen LogP contribution is -2.51. The van der Waals surface area contributed by atoms with E-state index in [1.54, 1.807) is 0 Å². The van der Waals surface area contributed by atoms with Crippen molar-refractivity contribution >= 4 is 0 Å². The van der Waals surface area contributed by atoms with Crippen LogP contribution in [0, 0.1) is 5.92 Å². The normalized spacial score (nSPS) is 45.6. The van der Waals surface area contributed by atoms with E-state index in [0.717, 1.165) is 18.0 Å². The third kappa shape index (κ3) is 2.02. The molecule has 1 saturated heterocycles. The first-order valence-electron chi connectivity index (χ1n) is 7.36. The molecule has 2 N–H and O–H groups in total. The second-order valence-corrected chi connectivity index (χ2v) is 6.25. The summed E-state index contributed by atoms with van der Waals surface area (Å²) in [7, 11) is 0. The first kappa shape index (κ1) is 11.0. The maximum atomic E-state index is 6.42. The van der Waals surface area contributed by atoms with Gasteiger partial charge in [-0.3, -0.25) is 4.90 Å². The van der Waals surface area contributed by atoms with Crippen molar-refractivity contribution < 1.29 is 0 Å². The predicted molar refractivity (Wildman–Crippen MR) is 67.3 cm³/mol. The van der Waals surface area contributed by atoms with E-state index in [2.05, 4.69) is 4.90 Å². The van der Waals surface area contributed by atoms with Crippen LogP contribution in [0.1, 0.15) is 57.8 Å². The molecule has 4 unspecified atom stereocenters. The Kier molecular flexibility index (Phi) is 3.21. The van der Waals surface area contributed by atoms with Crippen molar-refractivity contribution in [3.63, 3.8) is 0 Å². The van der Waals surface area contributed by atoms with Gasteiger partial charge in [-0.05, 0) is 38.0 Å². The summed E-state index contributed by atoms with van der Waals surface area (Å²) in [6.07, 6.45) is 12.7. The van der Waals surface area contributed by atoms with Crippen molar-refractivity contribution in [2.75, 3.05) is 6.54 Å². The largest absolute Gasteiger partial charge is 0.326 e. The van der Waals surface area contributed by atoms with Crippen LogP contribution in [0.5, 0.6) is 0 Å². The molecule has 0 spiro atoms. The summed E-state index contributed by atoms with van der Waals surface area (Å²) < 4.78 is 0. The number of hydrogen-bond donors (Lipinski definition) is 1. The zero-order chi connectivity index (χ0) is 11.0. The van der Waals surface area contributed by atoms with Gasteiger partial charge in [0.15, 0.2) is 0 Å². The fraction of sp³-hybridized carbons (Fsp3) is 1.00. The van der Waals surface area contributed by atoms with Crippen LogP contribution in [0.2, 0.25) is 0 Å². The van der Waals surface area contributed by atoms with Crippen LogP contribution in [0.3, 0.4) is 0 Å². The molecule has 2 nitrogen and oxygen atoms in total. The molecule has 0 aromatic rings. The minimum absolute atomic E-state index is 0.458. The van der Waals surface area contributed by atoms with Crippen LogP contribution in [0.25, 0.3) is 0 Å². The second kappa shape index (κ2) is 4.66. The molecule has 0 aromatic heterocycles. The number of piperidine rings is 1. The van der Waals surface area contributed by atoms with Crippen molar-refractivity contribution in [1.29, 1.82) is 0 Å². The van der Waals surface area contributed by atoms with Crippen LogP contribution in [0.4, 0.5) is 0 Å². The third-order valence-electron chi connectivity index (χ3n) is 5.16. The number of likely N-dealkylation sites (tertiary alicyclic amines) is 1. The van der Waals surface area contributed by atoms with Gasteiger partial charge in [0.1, 0.15) is 0 Å². The molecule has 3 fully saturated rings. The van der Waals surface area contributed by atoms with Crippen LogP contribution in [0.15, 0.2) is 0 Å². The van der Waals surface area contributed by atoms with E-state index in [1.165, 1.54) is 64.3 Å². The quantitative estimate of drug-likeness (QED) is 0.738. The van der Waals surface area contributed by atoms with Gasteiger partial charge in [-0.25, -0.2) is 0 Å². The van der Waals surface area contributed by atoms with Gasteiger partial charge >= 0.3 is 0 Å². The summed E-state index contributed by atoms with van der Waals surface area (Å²) in [6.45, 7) is 1.36. The number of fused-ring (bicyclic) bond motifs is 2. The minimum Gasteiger partial charge on any atom is -0.326 e. The smallest absolute Gasteiger partial charge is 0.0250 e. The Hall–Kier alpha value is -0.0800. The first-order chi connectivity index (χ1) is 7.84. The van der Waals surface area contributed by atoms with E-state index in [-0.39, 0.29) is 0 Å². The van der Waals surface area contributed by atoms with E-state index in [4.69, 9.17) is 5.73 Å². The Bertz CT molecular complexity index is 241. The Morgan fingerprint density at radius 3 is 2.38 bits per heavy atom. The van der Waals surface area contributed by atoms with E-state index in [0.29, 0.717) is 6.04 Å². The van der Waals surface area contributed by atoms with Gasteiger partial charge in [0.25, 0.3) is 0 Å². The van der Waals surface area contributed by atoms with E-state index in [9.17, 15) is 0 Å². The van der Waals surface area contributed by atoms with Gasteiger partial charge in [-0.2, -0.15) is 0 Å². The van der Waals surface area contributed by atoms with Gasteiger partial charge in [-0.15, -0.1) is 0 Å². The monoisotopic (exact) mass is 222 g/mol. The average molecular weight is 222 g/mol. The highest BCUT2D eigenvalue weighted by atomic mass is 15.2. The molecule has 16 heavy (non-hydrogen) atoms. The highest BCUT2D eigenvalue weighted by Crippen LogP contribution is 2.40. The molecule has 4 atom stereocenters. The Balaban J connectivity index is 1.66. The van der Waals surface area contributed by atoms with Crippen molar-refractivity contribution in [2.45, 2.75) is 75.9 Å². The van der Waals surface area contributed by atoms with Gasteiger partial charge < -0.3 is 5.73 Å². The second-order valence-electron chi connectivity index (χ2n) is 6.25. The number of hydrogen-bond acceptors (Lipinski definition) is 2. The van der Waals surface area contributed by atoms with Gasteiger partial charge in [-0.1, -0.05) is 25.7 Å². The molecule has 3 rings (SSSR count). The molecule has 0 amide bonds. The van der Waals surface area contributed by atoms with E-state index < -0.39 is 0 Å². The molecular weight excluding hydrogens is 196 g/mol. The SMILES string of the molecule is NC1CCCCCCC1N1CC2CCC1C2. The summed E-state index contributed by atoms with van der Waals surface area (Å²) in [5.74, 6) is 1.02. The lowest BCUT2D eigenvalue weighted by molar-refractivity contribution is 0.112. The molecule has 1 aliphatic heterocycles. The number of rotatable bonds is 1. The Morgan fingerprint density at radius 2 is 1.69 bits per heavy atom. The lowest BCUT2D eigenvalue weighted by atomic mass is 9.90. The van der Waals surface area contributed by atoms with Crippen molar-refractivity contribution in [1.82, 2.24) is 4.90 Å². The maximum absolute atomic E-state index is 6.42. The summed E-state index contributed by atoms with van der Waals surface area (Å²) in [4.78, 5) is 2.80. The highest BCUT2D eigenvalue weighted by Gasteiger charge is 2.42.